The number of hydrogen-bond donors (Lipinski definition) is 1. The van der Waals surface area contributed by atoms with Crippen LogP contribution in [0.15, 0.2) is 0 Å². The number of rotatable bonds is 8. The first kappa shape index (κ1) is 13.9. The van der Waals surface area contributed by atoms with Crippen molar-refractivity contribution < 1.29 is 4.74 Å². The molecule has 0 spiro atoms. The molecule has 0 rings (SSSR count). The topological polar surface area (TPSA) is 38.5 Å². The van der Waals surface area contributed by atoms with E-state index in [1.165, 1.54) is 12.8 Å². The number of hydrogen-bond acceptors (Lipinski definition) is 3. The predicted octanol–water partition coefficient (Wildman–Crippen LogP) is 1.47. The Hall–Kier alpha value is -0.120. The van der Waals surface area contributed by atoms with Crippen LogP contribution in [0.2, 0.25) is 0 Å². The summed E-state index contributed by atoms with van der Waals surface area (Å²) >= 11 is 0. The fraction of sp³-hybridized carbons (Fsp3) is 1.00. The normalized spacial score (nSPS) is 13.9. The second-order valence-corrected chi connectivity index (χ2v) is 3.80. The molecule has 0 aromatic rings. The molecule has 3 nitrogen and oxygen atoms in total. The second-order valence-electron chi connectivity index (χ2n) is 3.80. The minimum Gasteiger partial charge on any atom is -0.380 e. The zero-order valence-electron chi connectivity index (χ0n) is 10.1. The highest BCUT2D eigenvalue weighted by atomic mass is 16.5. The Balaban J connectivity index is 4.10. The zero-order chi connectivity index (χ0) is 11.0. The van der Waals surface area contributed by atoms with Gasteiger partial charge in [-0.25, -0.2) is 0 Å². The Bertz CT molecular complexity index is 126. The van der Waals surface area contributed by atoms with E-state index in [0.717, 1.165) is 19.6 Å². The van der Waals surface area contributed by atoms with Gasteiger partial charge < -0.3 is 10.5 Å². The Kier molecular flexibility index (Phi) is 8.14. The van der Waals surface area contributed by atoms with Crippen LogP contribution in [-0.2, 0) is 4.74 Å². The third-order valence-corrected chi connectivity index (χ3v) is 2.77. The Labute approximate surface area is 88.6 Å². The Morgan fingerprint density at radius 1 is 1.29 bits per heavy atom. The van der Waals surface area contributed by atoms with Crippen molar-refractivity contribution in [1.82, 2.24) is 4.90 Å². The molecular formula is C11H26N2O. The SMILES string of the molecule is CCC(CC)N(CCN)CC(C)OC. The van der Waals surface area contributed by atoms with Crippen molar-refractivity contribution in [3.05, 3.63) is 0 Å². The fourth-order valence-corrected chi connectivity index (χ4v) is 1.80. The van der Waals surface area contributed by atoms with E-state index >= 15 is 0 Å². The molecule has 0 aromatic carbocycles. The van der Waals surface area contributed by atoms with Gasteiger partial charge in [0.2, 0.25) is 0 Å². The summed E-state index contributed by atoms with van der Waals surface area (Å²) in [6.07, 6.45) is 2.67. The van der Waals surface area contributed by atoms with Crippen molar-refractivity contribution in [3.63, 3.8) is 0 Å². The molecule has 3 heteroatoms. The smallest absolute Gasteiger partial charge is 0.0670 e. The zero-order valence-corrected chi connectivity index (χ0v) is 10.1. The van der Waals surface area contributed by atoms with Crippen molar-refractivity contribution >= 4 is 0 Å². The third kappa shape index (κ3) is 4.94. The molecule has 0 aliphatic carbocycles. The van der Waals surface area contributed by atoms with Gasteiger partial charge in [-0.3, -0.25) is 4.90 Å². The third-order valence-electron chi connectivity index (χ3n) is 2.77. The van der Waals surface area contributed by atoms with Gasteiger partial charge >= 0.3 is 0 Å². The van der Waals surface area contributed by atoms with Gasteiger partial charge in [0.1, 0.15) is 0 Å². The van der Waals surface area contributed by atoms with Gasteiger partial charge in [-0.05, 0) is 19.8 Å². The standard InChI is InChI=1S/C11H26N2O/c1-5-11(6-2)13(8-7-12)9-10(3)14-4/h10-11H,5-9,12H2,1-4H3. The lowest BCUT2D eigenvalue weighted by Crippen LogP contribution is -2.42. The highest BCUT2D eigenvalue weighted by Crippen LogP contribution is 2.09. The van der Waals surface area contributed by atoms with E-state index in [4.69, 9.17) is 10.5 Å². The fourth-order valence-electron chi connectivity index (χ4n) is 1.80. The van der Waals surface area contributed by atoms with Gasteiger partial charge in [0.25, 0.3) is 0 Å². The molecule has 0 heterocycles. The van der Waals surface area contributed by atoms with Crippen LogP contribution in [0.1, 0.15) is 33.6 Å². The molecule has 0 aliphatic heterocycles. The second kappa shape index (κ2) is 8.21. The van der Waals surface area contributed by atoms with E-state index in [9.17, 15) is 0 Å². The van der Waals surface area contributed by atoms with Crippen LogP contribution in [0.5, 0.6) is 0 Å². The van der Waals surface area contributed by atoms with E-state index in [0.29, 0.717) is 12.1 Å². The first-order chi connectivity index (χ1) is 6.69. The average molecular weight is 202 g/mol. The van der Waals surface area contributed by atoms with Gasteiger partial charge in [-0.1, -0.05) is 13.8 Å². The molecular weight excluding hydrogens is 176 g/mol. The van der Waals surface area contributed by atoms with Crippen LogP contribution in [0, 0.1) is 0 Å². The van der Waals surface area contributed by atoms with Crippen molar-refractivity contribution in [3.8, 4) is 0 Å². The highest BCUT2D eigenvalue weighted by molar-refractivity contribution is 4.71. The summed E-state index contributed by atoms with van der Waals surface area (Å²) in [5, 5.41) is 0. The predicted molar refractivity (Wildman–Crippen MR) is 61.5 cm³/mol. The molecule has 0 amide bonds. The van der Waals surface area contributed by atoms with E-state index in [1.54, 1.807) is 7.11 Å². The largest absolute Gasteiger partial charge is 0.380 e. The maximum atomic E-state index is 5.61. The minimum absolute atomic E-state index is 0.294. The molecule has 86 valence electrons. The summed E-state index contributed by atoms with van der Waals surface area (Å²) in [5.41, 5.74) is 5.61. The maximum absolute atomic E-state index is 5.61. The van der Waals surface area contributed by atoms with Gasteiger partial charge in [0.15, 0.2) is 0 Å². The molecule has 0 fully saturated rings. The lowest BCUT2D eigenvalue weighted by Gasteiger charge is -2.31. The van der Waals surface area contributed by atoms with Crippen LogP contribution in [-0.4, -0.2) is 43.8 Å². The Morgan fingerprint density at radius 3 is 2.21 bits per heavy atom. The van der Waals surface area contributed by atoms with E-state index in [1.807, 2.05) is 0 Å². The highest BCUT2D eigenvalue weighted by Gasteiger charge is 2.16. The van der Waals surface area contributed by atoms with Gasteiger partial charge in [0.05, 0.1) is 6.10 Å². The summed E-state index contributed by atoms with van der Waals surface area (Å²) in [6, 6.07) is 0.649. The van der Waals surface area contributed by atoms with Gasteiger partial charge in [-0.2, -0.15) is 0 Å². The number of methoxy groups -OCH3 is 1. The lowest BCUT2D eigenvalue weighted by molar-refractivity contribution is 0.0590. The number of ether oxygens (including phenoxy) is 1. The first-order valence-corrected chi connectivity index (χ1v) is 5.66. The summed E-state index contributed by atoms with van der Waals surface area (Å²) < 4.78 is 5.28. The summed E-state index contributed by atoms with van der Waals surface area (Å²) in [4.78, 5) is 2.44. The van der Waals surface area contributed by atoms with E-state index in [-0.39, 0.29) is 0 Å². The van der Waals surface area contributed by atoms with Crippen molar-refractivity contribution in [2.75, 3.05) is 26.7 Å². The molecule has 1 atom stereocenters. The monoisotopic (exact) mass is 202 g/mol. The first-order valence-electron chi connectivity index (χ1n) is 5.66. The molecule has 14 heavy (non-hydrogen) atoms. The summed E-state index contributed by atoms with van der Waals surface area (Å²) in [7, 11) is 1.76. The molecule has 0 aliphatic rings. The maximum Gasteiger partial charge on any atom is 0.0670 e. The van der Waals surface area contributed by atoms with Crippen molar-refractivity contribution in [1.29, 1.82) is 0 Å². The van der Waals surface area contributed by atoms with E-state index < -0.39 is 0 Å². The molecule has 1 unspecified atom stereocenters. The van der Waals surface area contributed by atoms with Crippen molar-refractivity contribution in [2.24, 2.45) is 5.73 Å². The molecule has 0 saturated carbocycles. The number of nitrogens with zero attached hydrogens (tertiary/aromatic N) is 1. The Morgan fingerprint density at radius 2 is 1.86 bits per heavy atom. The lowest BCUT2D eigenvalue weighted by atomic mass is 10.1. The van der Waals surface area contributed by atoms with Crippen LogP contribution in [0.25, 0.3) is 0 Å². The van der Waals surface area contributed by atoms with Gasteiger partial charge in [0, 0.05) is 32.8 Å². The molecule has 2 N–H and O–H groups in total. The quantitative estimate of drug-likeness (QED) is 0.648. The molecule has 0 saturated heterocycles. The van der Waals surface area contributed by atoms with Crippen LogP contribution in [0.4, 0.5) is 0 Å². The molecule has 0 aromatic heterocycles. The summed E-state index contributed by atoms with van der Waals surface area (Å²) in [6.45, 7) is 9.25. The summed E-state index contributed by atoms with van der Waals surface area (Å²) in [5.74, 6) is 0. The van der Waals surface area contributed by atoms with E-state index in [2.05, 4.69) is 25.7 Å². The molecule has 0 radical (unpaired) electrons. The van der Waals surface area contributed by atoms with Crippen LogP contribution in [0.3, 0.4) is 0 Å². The number of nitrogens with two attached hydrogens (primary N) is 1. The van der Waals surface area contributed by atoms with Gasteiger partial charge in [-0.15, -0.1) is 0 Å². The average Bonchev–Trinajstić information content (AvgIpc) is 2.19. The minimum atomic E-state index is 0.294. The van der Waals surface area contributed by atoms with Crippen LogP contribution >= 0.6 is 0 Å². The van der Waals surface area contributed by atoms with Crippen LogP contribution < -0.4 is 5.73 Å². The van der Waals surface area contributed by atoms with Crippen molar-refractivity contribution in [2.45, 2.75) is 45.8 Å². The molecule has 0 bridgehead atoms.